The molecule has 0 amide bonds. The van der Waals surface area contributed by atoms with Crippen LogP contribution in [0, 0.1) is 0 Å². The minimum atomic E-state index is -0.982. The first-order valence-corrected chi connectivity index (χ1v) is 10.2. The van der Waals surface area contributed by atoms with Crippen molar-refractivity contribution in [2.45, 2.75) is 0 Å². The molecule has 2 N–H and O–H groups in total. The molecular formula is C22H16Br2O6. The second kappa shape index (κ2) is 8.89. The number of ether oxygens (including phenoxy) is 2. The van der Waals surface area contributed by atoms with Gasteiger partial charge in [0.1, 0.15) is 22.6 Å². The number of benzene rings is 3. The Morgan fingerprint density at radius 1 is 0.667 bits per heavy atom. The molecule has 6 nitrogen and oxygen atoms in total. The van der Waals surface area contributed by atoms with Crippen LogP contribution in [0.15, 0.2) is 57.5 Å². The topological polar surface area (TPSA) is 93.1 Å². The minimum Gasteiger partial charge on any atom is -0.506 e. The van der Waals surface area contributed by atoms with Crippen LogP contribution in [0.3, 0.4) is 0 Å². The van der Waals surface area contributed by atoms with Gasteiger partial charge in [0.2, 0.25) is 0 Å². The molecule has 8 heteroatoms. The molecule has 3 rings (SSSR count). The number of aromatic hydroxyl groups is 2. The molecule has 0 aliphatic rings. The van der Waals surface area contributed by atoms with Crippen molar-refractivity contribution in [2.24, 2.45) is 0 Å². The number of phenolic OH excluding ortho intramolecular Hbond substituents is 2. The number of rotatable bonds is 4. The zero-order chi connectivity index (χ0) is 22.0. The Balaban J connectivity index is 2.51. The van der Waals surface area contributed by atoms with Crippen molar-refractivity contribution in [1.29, 1.82) is 0 Å². The molecule has 0 bridgehead atoms. The van der Waals surface area contributed by atoms with E-state index < -0.39 is 34.6 Å². The van der Waals surface area contributed by atoms with E-state index in [0.717, 1.165) is 23.2 Å². The van der Waals surface area contributed by atoms with Crippen molar-refractivity contribution < 1.29 is 29.3 Å². The average Bonchev–Trinajstić information content (AvgIpc) is 2.75. The summed E-state index contributed by atoms with van der Waals surface area (Å²) in [4.78, 5) is 24.9. The van der Waals surface area contributed by atoms with E-state index in [1.165, 1.54) is 0 Å². The SMILES string of the molecule is COC(=O)c1c(O)c(-c2ccc(Br)cc2)c(-c2ccc(Br)cc2)c(O)c1C(=O)OC. The number of halogens is 2. The highest BCUT2D eigenvalue weighted by molar-refractivity contribution is 9.10. The van der Waals surface area contributed by atoms with E-state index in [-0.39, 0.29) is 11.1 Å². The molecule has 0 aromatic heterocycles. The van der Waals surface area contributed by atoms with Crippen LogP contribution in [0.5, 0.6) is 11.5 Å². The van der Waals surface area contributed by atoms with Gasteiger partial charge in [0.05, 0.1) is 14.2 Å². The molecule has 0 aliphatic carbocycles. The van der Waals surface area contributed by atoms with Crippen molar-refractivity contribution >= 4 is 43.8 Å². The molecule has 0 saturated carbocycles. The predicted molar refractivity (Wildman–Crippen MR) is 119 cm³/mol. The molecule has 154 valence electrons. The van der Waals surface area contributed by atoms with Gasteiger partial charge in [-0.2, -0.15) is 0 Å². The highest BCUT2D eigenvalue weighted by atomic mass is 79.9. The number of carbonyl (C=O) groups is 2. The van der Waals surface area contributed by atoms with E-state index in [1.807, 2.05) is 0 Å². The zero-order valence-corrected chi connectivity index (χ0v) is 19.1. The Kier molecular flexibility index (Phi) is 6.48. The maximum absolute atomic E-state index is 12.4. The molecule has 0 saturated heterocycles. The Morgan fingerprint density at radius 2 is 0.967 bits per heavy atom. The molecule has 3 aromatic rings. The van der Waals surface area contributed by atoms with E-state index in [0.29, 0.717) is 11.1 Å². The third kappa shape index (κ3) is 3.93. The number of phenols is 2. The average molecular weight is 536 g/mol. The van der Waals surface area contributed by atoms with Crippen LogP contribution in [0.25, 0.3) is 22.3 Å². The summed E-state index contributed by atoms with van der Waals surface area (Å²) in [5, 5.41) is 22.2. The summed E-state index contributed by atoms with van der Waals surface area (Å²) in [6.45, 7) is 0. The smallest absolute Gasteiger partial charge is 0.342 e. The Hall–Kier alpha value is -2.84. The first kappa shape index (κ1) is 21.9. The summed E-state index contributed by atoms with van der Waals surface area (Å²) in [6.07, 6.45) is 0. The van der Waals surface area contributed by atoms with E-state index in [2.05, 4.69) is 31.9 Å². The lowest BCUT2D eigenvalue weighted by atomic mass is 9.87. The molecule has 0 unspecified atom stereocenters. The monoisotopic (exact) mass is 534 g/mol. The van der Waals surface area contributed by atoms with Crippen LogP contribution >= 0.6 is 31.9 Å². The summed E-state index contributed by atoms with van der Waals surface area (Å²) < 4.78 is 11.1. The number of hydrogen-bond donors (Lipinski definition) is 2. The maximum atomic E-state index is 12.4. The van der Waals surface area contributed by atoms with E-state index in [1.54, 1.807) is 48.5 Å². The quantitative estimate of drug-likeness (QED) is 0.337. The Labute approximate surface area is 189 Å². The third-order valence-corrected chi connectivity index (χ3v) is 5.55. The first-order chi connectivity index (χ1) is 14.3. The lowest BCUT2D eigenvalue weighted by Gasteiger charge is -2.20. The fraction of sp³-hybridized carbons (Fsp3) is 0.0909. The Morgan fingerprint density at radius 3 is 1.23 bits per heavy atom. The summed E-state index contributed by atoms with van der Waals surface area (Å²) in [7, 11) is 2.23. The van der Waals surface area contributed by atoms with E-state index >= 15 is 0 Å². The highest BCUT2D eigenvalue weighted by Gasteiger charge is 2.33. The van der Waals surface area contributed by atoms with Gasteiger partial charge in [0.15, 0.2) is 0 Å². The number of hydrogen-bond acceptors (Lipinski definition) is 6. The fourth-order valence-electron chi connectivity index (χ4n) is 3.12. The van der Waals surface area contributed by atoms with Gasteiger partial charge >= 0.3 is 11.9 Å². The fourth-order valence-corrected chi connectivity index (χ4v) is 3.65. The van der Waals surface area contributed by atoms with E-state index in [4.69, 9.17) is 9.47 Å². The molecule has 0 fully saturated rings. The van der Waals surface area contributed by atoms with Crippen molar-refractivity contribution in [3.63, 3.8) is 0 Å². The van der Waals surface area contributed by atoms with Gasteiger partial charge in [-0.1, -0.05) is 56.1 Å². The largest absolute Gasteiger partial charge is 0.506 e. The van der Waals surface area contributed by atoms with Gasteiger partial charge in [-0.3, -0.25) is 0 Å². The molecule has 30 heavy (non-hydrogen) atoms. The summed E-state index contributed by atoms with van der Waals surface area (Å²) in [6, 6.07) is 13.8. The van der Waals surface area contributed by atoms with Crippen molar-refractivity contribution in [3.05, 3.63) is 68.6 Å². The number of carbonyl (C=O) groups excluding carboxylic acids is 2. The van der Waals surface area contributed by atoms with Crippen LogP contribution in [-0.4, -0.2) is 36.4 Å². The van der Waals surface area contributed by atoms with Crippen LogP contribution in [0.1, 0.15) is 20.7 Å². The molecular weight excluding hydrogens is 520 g/mol. The second-order valence-electron chi connectivity index (χ2n) is 6.19. The molecule has 0 aliphatic heterocycles. The highest BCUT2D eigenvalue weighted by Crippen LogP contribution is 2.49. The van der Waals surface area contributed by atoms with Gasteiger partial charge in [-0.15, -0.1) is 0 Å². The summed E-state index contributed by atoms with van der Waals surface area (Å²) in [5.41, 5.74) is 0.447. The molecule has 0 radical (unpaired) electrons. The molecule has 0 atom stereocenters. The van der Waals surface area contributed by atoms with Crippen molar-refractivity contribution in [3.8, 4) is 33.8 Å². The first-order valence-electron chi connectivity index (χ1n) is 8.60. The molecule has 3 aromatic carbocycles. The Bertz CT molecular complexity index is 1030. The van der Waals surface area contributed by atoms with Crippen LogP contribution in [0.2, 0.25) is 0 Å². The number of esters is 2. The molecule has 0 spiro atoms. The van der Waals surface area contributed by atoms with Crippen molar-refractivity contribution in [1.82, 2.24) is 0 Å². The van der Waals surface area contributed by atoms with Crippen LogP contribution in [0.4, 0.5) is 0 Å². The van der Waals surface area contributed by atoms with Crippen molar-refractivity contribution in [2.75, 3.05) is 14.2 Å². The normalized spacial score (nSPS) is 10.5. The lowest BCUT2D eigenvalue weighted by Crippen LogP contribution is -2.14. The molecule has 0 heterocycles. The van der Waals surface area contributed by atoms with Crippen LogP contribution in [-0.2, 0) is 9.47 Å². The standard InChI is InChI=1S/C22H16Br2O6/c1-29-21(27)17-18(22(28)30-2)20(26)16(12-5-9-14(24)10-6-12)15(19(17)25)11-3-7-13(23)8-4-11/h3-10,25-26H,1-2H3. The van der Waals surface area contributed by atoms with Gasteiger partial charge in [0, 0.05) is 20.1 Å². The van der Waals surface area contributed by atoms with Gasteiger partial charge in [0.25, 0.3) is 0 Å². The van der Waals surface area contributed by atoms with Gasteiger partial charge < -0.3 is 19.7 Å². The summed E-state index contributed by atoms with van der Waals surface area (Å²) >= 11 is 6.72. The second-order valence-corrected chi connectivity index (χ2v) is 8.03. The van der Waals surface area contributed by atoms with E-state index in [9.17, 15) is 19.8 Å². The van der Waals surface area contributed by atoms with Gasteiger partial charge in [-0.25, -0.2) is 9.59 Å². The maximum Gasteiger partial charge on any atom is 0.342 e. The predicted octanol–water partition coefficient (Wildman–Crippen LogP) is 5.53. The third-order valence-electron chi connectivity index (χ3n) is 4.49. The van der Waals surface area contributed by atoms with Gasteiger partial charge in [-0.05, 0) is 35.4 Å². The zero-order valence-electron chi connectivity index (χ0n) is 15.9. The summed E-state index contributed by atoms with van der Waals surface area (Å²) in [5.74, 6) is -2.96. The number of methoxy groups -OCH3 is 2. The lowest BCUT2D eigenvalue weighted by molar-refractivity contribution is 0.0549. The minimum absolute atomic E-state index is 0.176. The van der Waals surface area contributed by atoms with Crippen LogP contribution < -0.4 is 0 Å².